The van der Waals surface area contributed by atoms with Crippen molar-refractivity contribution >= 4 is 5.96 Å². The highest BCUT2D eigenvalue weighted by molar-refractivity contribution is 5.77. The summed E-state index contributed by atoms with van der Waals surface area (Å²) in [6, 6.07) is 0.0472. The zero-order chi connectivity index (χ0) is 8.69. The van der Waals surface area contributed by atoms with Gasteiger partial charge in [0.25, 0.3) is 0 Å². The third-order valence-electron chi connectivity index (χ3n) is 1.07. The molecule has 0 aliphatic rings. The fraction of sp³-hybridized carbons (Fsp3) is 0.833. The van der Waals surface area contributed by atoms with Crippen LogP contribution in [-0.4, -0.2) is 25.2 Å². The van der Waals surface area contributed by atoms with E-state index in [-0.39, 0.29) is 12.0 Å². The molecule has 0 aliphatic heterocycles. The first-order valence-corrected chi connectivity index (χ1v) is 3.58. The Labute approximate surface area is 66.8 Å². The maximum atomic E-state index is 5.30. The maximum absolute atomic E-state index is 5.30. The number of aliphatic imine (C=N–C) groups is 1. The first-order chi connectivity index (χ1) is 5.20. The second-order valence-corrected chi connectivity index (χ2v) is 2.17. The van der Waals surface area contributed by atoms with Crippen molar-refractivity contribution < 1.29 is 4.74 Å². The molecule has 0 rings (SSSR count). The molecule has 66 valence electrons. The summed E-state index contributed by atoms with van der Waals surface area (Å²) in [7, 11) is 0. The average molecular weight is 160 g/mol. The zero-order valence-electron chi connectivity index (χ0n) is 7.00. The minimum Gasteiger partial charge on any atom is -0.380 e. The Morgan fingerprint density at radius 2 is 2.36 bits per heavy atom. The molecule has 0 saturated heterocycles. The number of nitrogens with one attached hydrogen (secondary N) is 1. The van der Waals surface area contributed by atoms with Crippen molar-refractivity contribution in [3.63, 3.8) is 0 Å². The normalized spacial score (nSPS) is 14.6. The van der Waals surface area contributed by atoms with Gasteiger partial charge in [-0.15, -0.1) is 0 Å². The van der Waals surface area contributed by atoms with Crippen molar-refractivity contribution in [2.24, 2.45) is 16.6 Å². The van der Waals surface area contributed by atoms with E-state index in [1.54, 1.807) is 0 Å². The second-order valence-electron chi connectivity index (χ2n) is 2.17. The van der Waals surface area contributed by atoms with Crippen molar-refractivity contribution in [2.75, 3.05) is 13.2 Å². The number of hydrogen-bond donors (Lipinski definition) is 3. The Hall–Kier alpha value is -0.810. The Balaban J connectivity index is 3.57. The fourth-order valence-corrected chi connectivity index (χ4v) is 0.600. The highest BCUT2D eigenvalue weighted by Crippen LogP contribution is 1.89. The topological polar surface area (TPSA) is 85.7 Å². The average Bonchev–Trinajstić information content (AvgIpc) is 2.00. The lowest BCUT2D eigenvalue weighted by molar-refractivity contribution is 0.137. The van der Waals surface area contributed by atoms with E-state index in [1.165, 1.54) is 0 Å². The molecule has 0 spiro atoms. The molecule has 1 atom stereocenters. The van der Waals surface area contributed by atoms with Crippen LogP contribution in [0.25, 0.3) is 0 Å². The van der Waals surface area contributed by atoms with Gasteiger partial charge in [0.1, 0.15) is 0 Å². The minimum atomic E-state index is 0.0472. The largest absolute Gasteiger partial charge is 0.380 e. The first-order valence-electron chi connectivity index (χ1n) is 3.58. The SMILES string of the molecule is CCOCC(C)N=C(N)NN. The van der Waals surface area contributed by atoms with E-state index in [1.807, 2.05) is 13.8 Å². The predicted molar refractivity (Wildman–Crippen MR) is 44.9 cm³/mol. The lowest BCUT2D eigenvalue weighted by atomic mass is 10.4. The highest BCUT2D eigenvalue weighted by Gasteiger charge is 1.98. The van der Waals surface area contributed by atoms with Crippen LogP contribution in [0.4, 0.5) is 0 Å². The smallest absolute Gasteiger partial charge is 0.203 e. The summed E-state index contributed by atoms with van der Waals surface area (Å²) in [5.74, 6) is 5.24. The lowest BCUT2D eigenvalue weighted by Crippen LogP contribution is -2.38. The van der Waals surface area contributed by atoms with Gasteiger partial charge in [-0.3, -0.25) is 5.43 Å². The second kappa shape index (κ2) is 5.94. The van der Waals surface area contributed by atoms with Gasteiger partial charge in [0.2, 0.25) is 5.96 Å². The molecule has 0 aromatic rings. The zero-order valence-corrected chi connectivity index (χ0v) is 7.00. The Morgan fingerprint density at radius 3 is 2.82 bits per heavy atom. The van der Waals surface area contributed by atoms with Crippen molar-refractivity contribution in [2.45, 2.75) is 19.9 Å². The fourth-order valence-electron chi connectivity index (χ4n) is 0.600. The van der Waals surface area contributed by atoms with E-state index in [0.717, 1.165) is 0 Å². The standard InChI is InChI=1S/C6H16N4O/c1-3-11-4-5(2)9-6(7)10-8/h5H,3-4,8H2,1-2H3,(H3,7,9,10). The summed E-state index contributed by atoms with van der Waals surface area (Å²) in [5.41, 5.74) is 7.55. The van der Waals surface area contributed by atoms with E-state index >= 15 is 0 Å². The van der Waals surface area contributed by atoms with Gasteiger partial charge in [0.15, 0.2) is 0 Å². The summed E-state index contributed by atoms with van der Waals surface area (Å²) < 4.78 is 5.11. The van der Waals surface area contributed by atoms with E-state index < -0.39 is 0 Å². The van der Waals surface area contributed by atoms with Gasteiger partial charge in [-0.25, -0.2) is 10.8 Å². The molecule has 0 radical (unpaired) electrons. The summed E-state index contributed by atoms with van der Waals surface area (Å²) in [5, 5.41) is 0. The van der Waals surface area contributed by atoms with Gasteiger partial charge >= 0.3 is 0 Å². The van der Waals surface area contributed by atoms with Crippen molar-refractivity contribution in [1.29, 1.82) is 0 Å². The molecule has 5 N–H and O–H groups in total. The van der Waals surface area contributed by atoms with Crippen molar-refractivity contribution in [3.05, 3.63) is 0 Å². The van der Waals surface area contributed by atoms with E-state index in [9.17, 15) is 0 Å². The lowest BCUT2D eigenvalue weighted by Gasteiger charge is -2.06. The number of ether oxygens (including phenoxy) is 1. The highest BCUT2D eigenvalue weighted by atomic mass is 16.5. The van der Waals surface area contributed by atoms with Crippen LogP contribution in [0.2, 0.25) is 0 Å². The summed E-state index contributed by atoms with van der Waals surface area (Å²) in [6.07, 6.45) is 0. The van der Waals surface area contributed by atoms with E-state index in [0.29, 0.717) is 13.2 Å². The number of nitrogens with two attached hydrogens (primary N) is 2. The molecule has 0 heterocycles. The van der Waals surface area contributed by atoms with Crippen LogP contribution in [0.15, 0.2) is 4.99 Å². The van der Waals surface area contributed by atoms with Crippen LogP contribution >= 0.6 is 0 Å². The van der Waals surface area contributed by atoms with Gasteiger partial charge in [-0.1, -0.05) is 0 Å². The number of hydrazine groups is 1. The molecule has 0 amide bonds. The molecule has 0 aliphatic carbocycles. The molecule has 5 nitrogen and oxygen atoms in total. The van der Waals surface area contributed by atoms with Crippen molar-refractivity contribution in [1.82, 2.24) is 5.43 Å². The van der Waals surface area contributed by atoms with Crippen LogP contribution in [0, 0.1) is 0 Å². The van der Waals surface area contributed by atoms with Crippen LogP contribution in [0.1, 0.15) is 13.8 Å². The van der Waals surface area contributed by atoms with E-state index in [2.05, 4.69) is 10.4 Å². The molecule has 0 saturated carbocycles. The number of hydrogen-bond acceptors (Lipinski definition) is 3. The number of nitrogens with zero attached hydrogens (tertiary/aromatic N) is 1. The van der Waals surface area contributed by atoms with Gasteiger partial charge in [-0.05, 0) is 13.8 Å². The quantitative estimate of drug-likeness (QED) is 0.217. The van der Waals surface area contributed by atoms with Crippen molar-refractivity contribution in [3.8, 4) is 0 Å². The molecule has 5 heteroatoms. The van der Waals surface area contributed by atoms with Crippen LogP contribution in [0.5, 0.6) is 0 Å². The molecule has 0 aromatic heterocycles. The van der Waals surface area contributed by atoms with Gasteiger partial charge in [0.05, 0.1) is 12.6 Å². The molecular weight excluding hydrogens is 144 g/mol. The first kappa shape index (κ1) is 10.2. The third-order valence-corrected chi connectivity index (χ3v) is 1.07. The van der Waals surface area contributed by atoms with Crippen LogP contribution < -0.4 is 17.0 Å². The summed E-state index contributed by atoms with van der Waals surface area (Å²) in [6.45, 7) is 5.09. The van der Waals surface area contributed by atoms with E-state index in [4.69, 9.17) is 16.3 Å². The maximum Gasteiger partial charge on any atom is 0.203 e. The summed E-state index contributed by atoms with van der Waals surface area (Å²) >= 11 is 0. The Morgan fingerprint density at radius 1 is 1.73 bits per heavy atom. The molecule has 1 unspecified atom stereocenters. The van der Waals surface area contributed by atoms with Crippen LogP contribution in [-0.2, 0) is 4.74 Å². The minimum absolute atomic E-state index is 0.0472. The summed E-state index contributed by atoms with van der Waals surface area (Å²) in [4.78, 5) is 3.97. The van der Waals surface area contributed by atoms with Crippen LogP contribution in [0.3, 0.4) is 0 Å². The Bertz CT molecular complexity index is 126. The number of rotatable bonds is 4. The molecule has 0 aromatic carbocycles. The van der Waals surface area contributed by atoms with Gasteiger partial charge in [0, 0.05) is 6.61 Å². The monoisotopic (exact) mass is 160 g/mol. The molecule has 11 heavy (non-hydrogen) atoms. The van der Waals surface area contributed by atoms with Gasteiger partial charge < -0.3 is 10.5 Å². The number of guanidine groups is 1. The predicted octanol–water partition coefficient (Wildman–Crippen LogP) is -0.811. The van der Waals surface area contributed by atoms with Gasteiger partial charge in [-0.2, -0.15) is 0 Å². The third kappa shape index (κ3) is 5.63. The molecule has 0 fully saturated rings. The molecule has 0 bridgehead atoms. The Kier molecular flexibility index (Phi) is 5.50. The molecular formula is C6H16N4O.